The number of aryl methyl sites for hydroxylation is 1. The second kappa shape index (κ2) is 10.9. The lowest BCUT2D eigenvalue weighted by Crippen LogP contribution is -2.47. The molecule has 2 aliphatic heterocycles. The Hall–Kier alpha value is -0.700. The lowest BCUT2D eigenvalue weighted by molar-refractivity contribution is 0.115. The topological polar surface area (TPSA) is 79.5 Å². The fourth-order valence-corrected chi connectivity index (χ4v) is 5.70. The van der Waals surface area contributed by atoms with Gasteiger partial charge in [0, 0.05) is 19.0 Å². The van der Waals surface area contributed by atoms with E-state index in [-0.39, 0.29) is 18.4 Å². The monoisotopic (exact) mass is 434 g/mol. The molecule has 1 unspecified atom stereocenters. The van der Waals surface area contributed by atoms with Crippen LogP contribution in [0.3, 0.4) is 0 Å². The number of rotatable bonds is 7. The van der Waals surface area contributed by atoms with Crippen LogP contribution in [0.25, 0.3) is 0 Å². The van der Waals surface area contributed by atoms with E-state index in [0.717, 1.165) is 76.7 Å². The summed E-state index contributed by atoms with van der Waals surface area (Å²) < 4.78 is 31.7. The number of unbranched alkanes of at least 4 members (excludes halogenated alkanes) is 1. The smallest absolute Gasteiger partial charge is 0.240 e. The first kappa shape index (κ1) is 23.6. The molecule has 162 valence electrons. The fraction of sp³-hybridized carbons (Fsp3) is 0.895. The molecule has 3 heterocycles. The van der Waals surface area contributed by atoms with E-state index in [1.165, 1.54) is 6.26 Å². The van der Waals surface area contributed by atoms with E-state index in [0.29, 0.717) is 24.9 Å². The average Bonchev–Trinajstić information content (AvgIpc) is 2.92. The minimum absolute atomic E-state index is 0. The quantitative estimate of drug-likeness (QED) is 0.655. The second-order valence-electron chi connectivity index (χ2n) is 8.11. The van der Waals surface area contributed by atoms with E-state index in [1.54, 1.807) is 4.31 Å². The van der Waals surface area contributed by atoms with E-state index in [1.807, 2.05) is 0 Å². The number of sulfonamides is 1. The maximum absolute atomic E-state index is 12.3. The van der Waals surface area contributed by atoms with E-state index in [2.05, 4.69) is 22.0 Å². The molecular formula is C19H35ClN4O3S. The Balaban J connectivity index is 0.00000280. The molecule has 1 atom stereocenters. The fourth-order valence-electron chi connectivity index (χ4n) is 4.47. The van der Waals surface area contributed by atoms with Crippen LogP contribution >= 0.6 is 12.4 Å². The summed E-state index contributed by atoms with van der Waals surface area (Å²) in [6.45, 7) is 5.47. The van der Waals surface area contributed by atoms with Crippen LogP contribution in [-0.4, -0.2) is 59.7 Å². The van der Waals surface area contributed by atoms with Crippen LogP contribution in [0.4, 0.5) is 0 Å². The molecule has 2 fully saturated rings. The van der Waals surface area contributed by atoms with Gasteiger partial charge in [-0.1, -0.05) is 31.3 Å². The zero-order chi connectivity index (χ0) is 19.3. The van der Waals surface area contributed by atoms with E-state index < -0.39 is 10.0 Å². The summed E-state index contributed by atoms with van der Waals surface area (Å²) in [6.07, 6.45) is 10.8. The van der Waals surface area contributed by atoms with Gasteiger partial charge in [-0.2, -0.15) is 9.29 Å². The number of hydrogen-bond donors (Lipinski definition) is 0. The summed E-state index contributed by atoms with van der Waals surface area (Å²) in [4.78, 5) is 6.86. The summed E-state index contributed by atoms with van der Waals surface area (Å²) in [5, 5.41) is 4.07. The van der Waals surface area contributed by atoms with Crippen molar-refractivity contribution in [2.24, 2.45) is 5.92 Å². The van der Waals surface area contributed by atoms with Gasteiger partial charge in [-0.05, 0) is 51.1 Å². The lowest BCUT2D eigenvalue weighted by atomic mass is 9.87. The molecule has 0 amide bonds. The van der Waals surface area contributed by atoms with Crippen molar-refractivity contribution in [1.29, 1.82) is 0 Å². The molecule has 0 aromatic carbocycles. The van der Waals surface area contributed by atoms with Gasteiger partial charge in [0.15, 0.2) is 5.82 Å². The van der Waals surface area contributed by atoms with Gasteiger partial charge in [0.1, 0.15) is 0 Å². The zero-order valence-corrected chi connectivity index (χ0v) is 18.8. The Morgan fingerprint density at radius 2 is 1.86 bits per heavy atom. The summed E-state index contributed by atoms with van der Waals surface area (Å²) in [6, 6.07) is 0.175. The van der Waals surface area contributed by atoms with Crippen molar-refractivity contribution in [3.8, 4) is 0 Å². The van der Waals surface area contributed by atoms with Crippen LogP contribution in [0.15, 0.2) is 4.52 Å². The minimum Gasteiger partial charge on any atom is -0.338 e. The van der Waals surface area contributed by atoms with Gasteiger partial charge in [-0.3, -0.25) is 4.90 Å². The summed E-state index contributed by atoms with van der Waals surface area (Å²) in [5.74, 6) is 1.97. The highest BCUT2D eigenvalue weighted by atomic mass is 35.5. The number of hydrogen-bond acceptors (Lipinski definition) is 6. The van der Waals surface area contributed by atoms with Gasteiger partial charge in [-0.25, -0.2) is 8.42 Å². The Morgan fingerprint density at radius 1 is 1.11 bits per heavy atom. The van der Waals surface area contributed by atoms with Gasteiger partial charge in [0.25, 0.3) is 0 Å². The third kappa shape index (κ3) is 6.40. The Bertz CT molecular complexity index is 689. The predicted octanol–water partition coefficient (Wildman–Crippen LogP) is 3.25. The first-order valence-electron chi connectivity index (χ1n) is 10.5. The molecule has 7 nitrogen and oxygen atoms in total. The van der Waals surface area contributed by atoms with Crippen LogP contribution < -0.4 is 0 Å². The first-order chi connectivity index (χ1) is 13.0. The highest BCUT2D eigenvalue weighted by Crippen LogP contribution is 2.31. The molecule has 3 rings (SSSR count). The Morgan fingerprint density at radius 3 is 2.54 bits per heavy atom. The standard InChI is InChI=1S/C19H34N4O3S.ClH/c1-3-4-9-18-20-19(26-21-18)15-22-13-10-16(11-14-22)17-8-6-5-7-12-23(17)27(2,24)25;/h16-17H,3-15H2,1-2H3;1H. The number of halogens is 1. The number of piperidine rings is 1. The summed E-state index contributed by atoms with van der Waals surface area (Å²) in [5.41, 5.74) is 0. The van der Waals surface area contributed by atoms with Crippen LogP contribution in [0.2, 0.25) is 0 Å². The minimum atomic E-state index is -3.13. The van der Waals surface area contributed by atoms with Crippen molar-refractivity contribution < 1.29 is 12.9 Å². The highest BCUT2D eigenvalue weighted by molar-refractivity contribution is 7.88. The molecular weight excluding hydrogens is 400 g/mol. The predicted molar refractivity (Wildman–Crippen MR) is 112 cm³/mol. The number of nitrogens with zero attached hydrogens (tertiary/aromatic N) is 4. The molecule has 0 N–H and O–H groups in total. The maximum Gasteiger partial charge on any atom is 0.240 e. The molecule has 28 heavy (non-hydrogen) atoms. The highest BCUT2D eigenvalue weighted by Gasteiger charge is 2.35. The molecule has 0 radical (unpaired) electrons. The van der Waals surface area contributed by atoms with Crippen molar-refractivity contribution in [2.75, 3.05) is 25.9 Å². The van der Waals surface area contributed by atoms with Gasteiger partial charge in [0.2, 0.25) is 15.9 Å². The van der Waals surface area contributed by atoms with Gasteiger partial charge >= 0.3 is 0 Å². The van der Waals surface area contributed by atoms with Crippen molar-refractivity contribution in [3.05, 3.63) is 11.7 Å². The molecule has 1 aromatic heterocycles. The lowest BCUT2D eigenvalue weighted by Gasteiger charge is -2.39. The second-order valence-corrected chi connectivity index (χ2v) is 10.0. The van der Waals surface area contributed by atoms with Crippen molar-refractivity contribution >= 4 is 22.4 Å². The number of aromatic nitrogens is 2. The van der Waals surface area contributed by atoms with Gasteiger partial charge in [0.05, 0.1) is 12.8 Å². The molecule has 0 saturated carbocycles. The molecule has 1 aromatic rings. The third-order valence-corrected chi connectivity index (χ3v) is 7.28. The van der Waals surface area contributed by atoms with Gasteiger partial charge in [-0.15, -0.1) is 12.4 Å². The maximum atomic E-state index is 12.3. The molecule has 2 saturated heterocycles. The Labute approximate surface area is 175 Å². The van der Waals surface area contributed by atoms with E-state index in [4.69, 9.17) is 4.52 Å². The molecule has 2 aliphatic rings. The molecule has 9 heteroatoms. The summed E-state index contributed by atoms with van der Waals surface area (Å²) in [7, 11) is -3.13. The van der Waals surface area contributed by atoms with E-state index >= 15 is 0 Å². The SMILES string of the molecule is CCCCc1noc(CN2CCC(C3CCCCCN3S(C)(=O)=O)CC2)n1.Cl. The van der Waals surface area contributed by atoms with Crippen molar-refractivity contribution in [1.82, 2.24) is 19.3 Å². The van der Waals surface area contributed by atoms with Gasteiger partial charge < -0.3 is 4.52 Å². The largest absolute Gasteiger partial charge is 0.338 e. The van der Waals surface area contributed by atoms with Crippen molar-refractivity contribution in [3.63, 3.8) is 0 Å². The molecule has 0 aliphatic carbocycles. The van der Waals surface area contributed by atoms with Crippen LogP contribution in [0, 0.1) is 5.92 Å². The normalized spacial score (nSPS) is 23.3. The molecule has 0 spiro atoms. The van der Waals surface area contributed by atoms with Crippen molar-refractivity contribution in [2.45, 2.75) is 77.3 Å². The number of likely N-dealkylation sites (tertiary alicyclic amines) is 1. The first-order valence-corrected chi connectivity index (χ1v) is 12.3. The Kier molecular flexibility index (Phi) is 9.18. The third-order valence-electron chi connectivity index (χ3n) is 5.97. The summed E-state index contributed by atoms with van der Waals surface area (Å²) >= 11 is 0. The average molecular weight is 435 g/mol. The van der Waals surface area contributed by atoms with Crippen LogP contribution in [0.5, 0.6) is 0 Å². The van der Waals surface area contributed by atoms with Crippen LogP contribution in [0.1, 0.15) is 70.0 Å². The van der Waals surface area contributed by atoms with Crippen LogP contribution in [-0.2, 0) is 23.0 Å². The van der Waals surface area contributed by atoms with E-state index in [9.17, 15) is 8.42 Å². The molecule has 0 bridgehead atoms. The zero-order valence-electron chi connectivity index (χ0n) is 17.2.